The van der Waals surface area contributed by atoms with Crippen molar-refractivity contribution >= 4 is 21.6 Å². The van der Waals surface area contributed by atoms with Gasteiger partial charge in [0.05, 0.1) is 4.47 Å². The number of hydrogen-bond acceptors (Lipinski definition) is 3. The fourth-order valence-electron chi connectivity index (χ4n) is 2.40. The van der Waals surface area contributed by atoms with E-state index >= 15 is 0 Å². The SMILES string of the molecule is CCCNC1CCN(c2ccc(OC(F)(F)F)c(Br)c2)C1. The van der Waals surface area contributed by atoms with Crippen LogP contribution < -0.4 is 15.0 Å². The van der Waals surface area contributed by atoms with Crippen molar-refractivity contribution in [3.05, 3.63) is 22.7 Å². The van der Waals surface area contributed by atoms with Crippen LogP contribution in [0.5, 0.6) is 5.75 Å². The molecule has 0 spiro atoms. The van der Waals surface area contributed by atoms with Gasteiger partial charge >= 0.3 is 6.36 Å². The van der Waals surface area contributed by atoms with Crippen LogP contribution in [0.2, 0.25) is 0 Å². The van der Waals surface area contributed by atoms with E-state index in [4.69, 9.17) is 0 Å². The molecule has 1 aromatic carbocycles. The van der Waals surface area contributed by atoms with Gasteiger partial charge in [-0.05, 0) is 53.5 Å². The molecule has 0 aromatic heterocycles. The number of anilines is 1. The summed E-state index contributed by atoms with van der Waals surface area (Å²) in [6.45, 7) is 4.87. The molecule has 1 unspecified atom stereocenters. The third kappa shape index (κ3) is 4.78. The van der Waals surface area contributed by atoms with Crippen LogP contribution in [0, 0.1) is 0 Å². The molecule has 21 heavy (non-hydrogen) atoms. The van der Waals surface area contributed by atoms with Crippen molar-refractivity contribution in [2.45, 2.75) is 32.2 Å². The number of ether oxygens (including phenoxy) is 1. The van der Waals surface area contributed by atoms with Gasteiger partial charge in [-0.1, -0.05) is 6.92 Å². The first-order valence-electron chi connectivity index (χ1n) is 6.92. The predicted molar refractivity (Wildman–Crippen MR) is 79.7 cm³/mol. The summed E-state index contributed by atoms with van der Waals surface area (Å²) < 4.78 is 40.9. The highest BCUT2D eigenvalue weighted by Crippen LogP contribution is 2.34. The molecular weight excluding hydrogens is 349 g/mol. The number of halogens is 4. The summed E-state index contributed by atoms with van der Waals surface area (Å²) in [5.41, 5.74) is 0.900. The van der Waals surface area contributed by atoms with Gasteiger partial charge in [0, 0.05) is 24.8 Å². The summed E-state index contributed by atoms with van der Waals surface area (Å²) >= 11 is 3.14. The first-order valence-corrected chi connectivity index (χ1v) is 7.72. The highest BCUT2D eigenvalue weighted by Gasteiger charge is 2.32. The van der Waals surface area contributed by atoms with Crippen LogP contribution in [-0.4, -0.2) is 32.0 Å². The summed E-state index contributed by atoms with van der Waals surface area (Å²) in [5.74, 6) is -0.217. The van der Waals surface area contributed by atoms with Gasteiger partial charge in [-0.3, -0.25) is 0 Å². The number of nitrogens with zero attached hydrogens (tertiary/aromatic N) is 1. The fourth-order valence-corrected chi connectivity index (χ4v) is 2.85. The molecule has 1 aliphatic heterocycles. The molecule has 1 atom stereocenters. The summed E-state index contributed by atoms with van der Waals surface area (Å²) in [5, 5.41) is 3.46. The highest BCUT2D eigenvalue weighted by molar-refractivity contribution is 9.10. The van der Waals surface area contributed by atoms with Crippen LogP contribution in [0.25, 0.3) is 0 Å². The van der Waals surface area contributed by atoms with Gasteiger partial charge in [-0.2, -0.15) is 0 Å². The normalized spacial score (nSPS) is 19.1. The van der Waals surface area contributed by atoms with Crippen LogP contribution in [-0.2, 0) is 0 Å². The molecule has 3 nitrogen and oxygen atoms in total. The van der Waals surface area contributed by atoms with Crippen molar-refractivity contribution in [1.29, 1.82) is 0 Å². The molecule has 0 radical (unpaired) electrons. The minimum atomic E-state index is -4.67. The molecule has 0 saturated carbocycles. The number of rotatable bonds is 5. The second kappa shape index (κ2) is 6.87. The Hall–Kier alpha value is -0.950. The van der Waals surface area contributed by atoms with Gasteiger partial charge in [0.1, 0.15) is 5.75 Å². The summed E-state index contributed by atoms with van der Waals surface area (Å²) in [6, 6.07) is 5.12. The van der Waals surface area contributed by atoms with E-state index in [9.17, 15) is 13.2 Å². The smallest absolute Gasteiger partial charge is 0.405 e. The topological polar surface area (TPSA) is 24.5 Å². The monoisotopic (exact) mass is 366 g/mol. The zero-order valence-corrected chi connectivity index (χ0v) is 13.3. The Bertz CT molecular complexity index is 482. The van der Waals surface area contributed by atoms with E-state index in [1.165, 1.54) is 6.07 Å². The Morgan fingerprint density at radius 2 is 2.19 bits per heavy atom. The van der Waals surface area contributed by atoms with Gasteiger partial charge in [0.15, 0.2) is 0 Å². The predicted octanol–water partition coefficient (Wildman–Crippen LogP) is 3.93. The molecule has 1 fully saturated rings. The minimum Gasteiger partial charge on any atom is -0.405 e. The first kappa shape index (κ1) is 16.4. The Morgan fingerprint density at radius 3 is 2.81 bits per heavy atom. The first-order chi connectivity index (χ1) is 9.89. The molecule has 1 saturated heterocycles. The van der Waals surface area contributed by atoms with Crippen LogP contribution >= 0.6 is 15.9 Å². The molecule has 1 aromatic rings. The second-order valence-corrected chi connectivity index (χ2v) is 5.90. The molecule has 0 amide bonds. The Balaban J connectivity index is 2.00. The van der Waals surface area contributed by atoms with Crippen molar-refractivity contribution < 1.29 is 17.9 Å². The van der Waals surface area contributed by atoms with Gasteiger partial charge in [0.2, 0.25) is 0 Å². The lowest BCUT2D eigenvalue weighted by Crippen LogP contribution is -2.32. The van der Waals surface area contributed by atoms with Crippen LogP contribution in [0.15, 0.2) is 22.7 Å². The lowest BCUT2D eigenvalue weighted by Gasteiger charge is -2.20. The van der Waals surface area contributed by atoms with E-state index < -0.39 is 6.36 Å². The Morgan fingerprint density at radius 1 is 1.43 bits per heavy atom. The van der Waals surface area contributed by atoms with Crippen LogP contribution in [0.1, 0.15) is 19.8 Å². The molecule has 118 valence electrons. The third-order valence-corrected chi connectivity index (χ3v) is 4.00. The largest absolute Gasteiger partial charge is 0.573 e. The molecule has 1 N–H and O–H groups in total. The zero-order valence-electron chi connectivity index (χ0n) is 11.7. The fraction of sp³-hybridized carbons (Fsp3) is 0.571. The lowest BCUT2D eigenvalue weighted by molar-refractivity contribution is -0.274. The Kier molecular flexibility index (Phi) is 5.37. The zero-order chi connectivity index (χ0) is 15.5. The van der Waals surface area contributed by atoms with E-state index in [1.807, 2.05) is 0 Å². The van der Waals surface area contributed by atoms with Crippen molar-refractivity contribution in [1.82, 2.24) is 5.32 Å². The maximum Gasteiger partial charge on any atom is 0.573 e. The van der Waals surface area contributed by atoms with E-state index in [0.717, 1.165) is 38.2 Å². The summed E-state index contributed by atoms with van der Waals surface area (Å²) in [7, 11) is 0. The van der Waals surface area contributed by atoms with Crippen molar-refractivity contribution in [2.24, 2.45) is 0 Å². The minimum absolute atomic E-state index is 0.217. The third-order valence-electron chi connectivity index (χ3n) is 3.38. The quantitative estimate of drug-likeness (QED) is 0.854. The van der Waals surface area contributed by atoms with Crippen LogP contribution in [0.4, 0.5) is 18.9 Å². The summed E-state index contributed by atoms with van der Waals surface area (Å²) in [4.78, 5) is 2.16. The molecule has 7 heteroatoms. The Labute approximate surface area is 130 Å². The molecule has 0 aliphatic carbocycles. The maximum atomic E-state index is 12.2. The number of benzene rings is 1. The molecular formula is C14H18BrF3N2O. The van der Waals surface area contributed by atoms with E-state index in [0.29, 0.717) is 10.5 Å². The number of alkyl halides is 3. The molecule has 1 heterocycles. The maximum absolute atomic E-state index is 12.2. The van der Waals surface area contributed by atoms with Crippen molar-refractivity contribution in [3.8, 4) is 5.75 Å². The number of hydrogen-bond donors (Lipinski definition) is 1. The van der Waals surface area contributed by atoms with E-state index in [2.05, 4.69) is 37.8 Å². The standard InChI is InChI=1S/C14H18BrF3N2O/c1-2-6-19-10-5-7-20(9-10)11-3-4-13(12(15)8-11)21-14(16,17)18/h3-4,8,10,19H,2,5-7,9H2,1H3. The van der Waals surface area contributed by atoms with Gasteiger partial charge < -0.3 is 15.0 Å². The summed E-state index contributed by atoms with van der Waals surface area (Å²) in [6.07, 6.45) is -2.54. The van der Waals surface area contributed by atoms with Gasteiger partial charge in [0.25, 0.3) is 0 Å². The second-order valence-electron chi connectivity index (χ2n) is 5.05. The van der Waals surface area contributed by atoms with Gasteiger partial charge in [-0.25, -0.2) is 0 Å². The van der Waals surface area contributed by atoms with Crippen molar-refractivity contribution in [2.75, 3.05) is 24.5 Å². The molecule has 0 bridgehead atoms. The highest BCUT2D eigenvalue weighted by atomic mass is 79.9. The van der Waals surface area contributed by atoms with Crippen molar-refractivity contribution in [3.63, 3.8) is 0 Å². The van der Waals surface area contributed by atoms with E-state index in [-0.39, 0.29) is 5.75 Å². The lowest BCUT2D eigenvalue weighted by atomic mass is 10.2. The molecule has 2 rings (SSSR count). The van der Waals surface area contributed by atoms with Gasteiger partial charge in [-0.15, -0.1) is 13.2 Å². The number of nitrogens with one attached hydrogen (secondary N) is 1. The van der Waals surface area contributed by atoms with E-state index in [1.54, 1.807) is 12.1 Å². The van der Waals surface area contributed by atoms with Crippen LogP contribution in [0.3, 0.4) is 0 Å². The molecule has 1 aliphatic rings. The average molecular weight is 367 g/mol. The average Bonchev–Trinajstić information content (AvgIpc) is 2.86.